The molecule has 0 aromatic carbocycles. The van der Waals surface area contributed by atoms with Crippen LogP contribution >= 0.6 is 11.6 Å². The van der Waals surface area contributed by atoms with Crippen molar-refractivity contribution in [2.24, 2.45) is 0 Å². The molecule has 0 spiro atoms. The highest BCUT2D eigenvalue weighted by Gasteiger charge is 2.21. The molecule has 1 N–H and O–H groups in total. The molecule has 0 aliphatic rings. The van der Waals surface area contributed by atoms with E-state index in [0.29, 0.717) is 0 Å². The van der Waals surface area contributed by atoms with Gasteiger partial charge in [-0.1, -0.05) is 0 Å². The summed E-state index contributed by atoms with van der Waals surface area (Å²) in [6.07, 6.45) is -2.33. The second-order valence-electron chi connectivity index (χ2n) is 2.25. The molecule has 0 unspecified atom stereocenters. The smallest absolute Gasteiger partial charge is 0.270 e. The molecule has 13 heavy (non-hydrogen) atoms. The molecule has 72 valence electrons. The number of hydrogen-bond acceptors (Lipinski definition) is 2. The summed E-state index contributed by atoms with van der Waals surface area (Å²) in [4.78, 5) is 3.35. The third kappa shape index (κ3) is 1.85. The van der Waals surface area contributed by atoms with E-state index in [-0.39, 0.29) is 11.6 Å². The molecule has 0 aliphatic carbocycles. The third-order valence-corrected chi connectivity index (χ3v) is 1.71. The van der Waals surface area contributed by atoms with E-state index in [1.165, 1.54) is 0 Å². The van der Waals surface area contributed by atoms with Gasteiger partial charge in [0.1, 0.15) is 5.75 Å². The van der Waals surface area contributed by atoms with Crippen molar-refractivity contribution in [3.05, 3.63) is 23.3 Å². The lowest BCUT2D eigenvalue weighted by Gasteiger charge is -2.06. The van der Waals surface area contributed by atoms with E-state index in [1.54, 1.807) is 0 Å². The van der Waals surface area contributed by atoms with Gasteiger partial charge in [-0.25, -0.2) is 13.2 Å². The van der Waals surface area contributed by atoms with Crippen LogP contribution in [0, 0.1) is 5.82 Å². The van der Waals surface area contributed by atoms with Crippen LogP contribution in [0.15, 0.2) is 6.20 Å². The summed E-state index contributed by atoms with van der Waals surface area (Å²) in [7, 11) is 0. The molecule has 1 rings (SSSR count). The van der Waals surface area contributed by atoms with Crippen molar-refractivity contribution in [2.75, 3.05) is 0 Å². The first-order chi connectivity index (χ1) is 6.07. The maximum atomic E-state index is 13.0. The zero-order chi connectivity index (χ0) is 10.0. The van der Waals surface area contributed by atoms with E-state index in [0.717, 1.165) is 6.20 Å². The number of halogens is 4. The van der Waals surface area contributed by atoms with E-state index >= 15 is 0 Å². The van der Waals surface area contributed by atoms with Crippen LogP contribution in [-0.4, -0.2) is 10.1 Å². The fraction of sp³-hybridized carbons (Fsp3) is 0.286. The molecular formula is C7H5ClF3NO. The fourth-order valence-corrected chi connectivity index (χ4v) is 1.02. The molecule has 0 aliphatic heterocycles. The highest BCUT2D eigenvalue weighted by Crippen LogP contribution is 2.31. The molecule has 1 aromatic heterocycles. The number of aromatic hydroxyl groups is 1. The molecule has 1 heterocycles. The van der Waals surface area contributed by atoms with Crippen LogP contribution in [0.3, 0.4) is 0 Å². The monoisotopic (exact) mass is 211 g/mol. The van der Waals surface area contributed by atoms with Gasteiger partial charge in [0.25, 0.3) is 6.43 Å². The summed E-state index contributed by atoms with van der Waals surface area (Å²) in [5.41, 5.74) is -1.35. The first-order valence-corrected chi connectivity index (χ1v) is 3.81. The molecule has 2 nitrogen and oxygen atoms in total. The molecule has 0 saturated heterocycles. The Kier molecular flexibility index (Phi) is 2.98. The summed E-state index contributed by atoms with van der Waals surface area (Å²) < 4.78 is 37.3. The second-order valence-corrected chi connectivity index (χ2v) is 2.52. The lowest BCUT2D eigenvalue weighted by atomic mass is 10.2. The SMILES string of the molecule is Oc1cnc(CCl)c(F)c1C(F)F. The highest BCUT2D eigenvalue weighted by atomic mass is 35.5. The third-order valence-electron chi connectivity index (χ3n) is 1.45. The number of hydrogen-bond donors (Lipinski definition) is 1. The maximum absolute atomic E-state index is 13.0. The van der Waals surface area contributed by atoms with Gasteiger partial charge in [0, 0.05) is 0 Å². The van der Waals surface area contributed by atoms with Crippen LogP contribution in [0.5, 0.6) is 5.75 Å². The molecule has 0 fully saturated rings. The number of nitrogens with zero attached hydrogens (tertiary/aromatic N) is 1. The first-order valence-electron chi connectivity index (χ1n) is 3.28. The van der Waals surface area contributed by atoms with Gasteiger partial charge >= 0.3 is 0 Å². The quantitative estimate of drug-likeness (QED) is 0.763. The summed E-state index contributed by atoms with van der Waals surface area (Å²) in [5, 5.41) is 8.86. The lowest BCUT2D eigenvalue weighted by molar-refractivity contribution is 0.141. The molecule has 6 heteroatoms. The Morgan fingerprint density at radius 1 is 1.54 bits per heavy atom. The largest absolute Gasteiger partial charge is 0.506 e. The van der Waals surface area contributed by atoms with Crippen molar-refractivity contribution < 1.29 is 18.3 Å². The minimum absolute atomic E-state index is 0.297. The minimum Gasteiger partial charge on any atom is -0.506 e. The molecule has 0 atom stereocenters. The maximum Gasteiger partial charge on any atom is 0.270 e. The van der Waals surface area contributed by atoms with Gasteiger partial charge in [0.2, 0.25) is 0 Å². The van der Waals surface area contributed by atoms with Crippen LogP contribution in [0.25, 0.3) is 0 Å². The molecule has 0 amide bonds. The summed E-state index contributed by atoms with van der Waals surface area (Å²) in [5.74, 6) is -2.42. The Hall–Kier alpha value is -0.970. The molecule has 0 radical (unpaired) electrons. The van der Waals surface area contributed by atoms with Crippen LogP contribution in [0.2, 0.25) is 0 Å². The molecular weight excluding hydrogens is 207 g/mol. The standard InChI is InChI=1S/C7H5ClF3NO/c8-1-3-6(9)5(7(10)11)4(13)2-12-3/h2,7,13H,1H2. The number of aromatic nitrogens is 1. The van der Waals surface area contributed by atoms with Crippen LogP contribution < -0.4 is 0 Å². The topological polar surface area (TPSA) is 33.1 Å². The van der Waals surface area contributed by atoms with Crippen LogP contribution in [0.1, 0.15) is 17.7 Å². The Morgan fingerprint density at radius 3 is 2.62 bits per heavy atom. The predicted molar refractivity (Wildman–Crippen MR) is 40.4 cm³/mol. The summed E-state index contributed by atoms with van der Waals surface area (Å²) in [6, 6.07) is 0. The van der Waals surface area contributed by atoms with Gasteiger partial charge in [0.15, 0.2) is 5.82 Å². The van der Waals surface area contributed by atoms with E-state index < -0.39 is 23.6 Å². The van der Waals surface area contributed by atoms with Gasteiger partial charge in [-0.2, -0.15) is 0 Å². The van der Waals surface area contributed by atoms with Gasteiger partial charge < -0.3 is 5.11 Å². The van der Waals surface area contributed by atoms with E-state index in [1.807, 2.05) is 0 Å². The minimum atomic E-state index is -3.08. The van der Waals surface area contributed by atoms with Crippen molar-refractivity contribution in [1.29, 1.82) is 0 Å². The Bertz CT molecular complexity index is 319. The number of rotatable bonds is 2. The zero-order valence-corrected chi connectivity index (χ0v) is 7.02. The second kappa shape index (κ2) is 3.83. The average molecular weight is 212 g/mol. The molecule has 0 saturated carbocycles. The number of pyridine rings is 1. The first kappa shape index (κ1) is 10.1. The Labute approximate surface area is 77.0 Å². The molecule has 0 bridgehead atoms. The van der Waals surface area contributed by atoms with Gasteiger partial charge in [-0.15, -0.1) is 11.6 Å². The van der Waals surface area contributed by atoms with Crippen molar-refractivity contribution in [1.82, 2.24) is 4.98 Å². The Balaban J connectivity index is 3.30. The number of alkyl halides is 3. The van der Waals surface area contributed by atoms with E-state index in [9.17, 15) is 13.2 Å². The van der Waals surface area contributed by atoms with Gasteiger partial charge in [-0.05, 0) is 0 Å². The van der Waals surface area contributed by atoms with Crippen molar-refractivity contribution in [3.8, 4) is 5.75 Å². The Morgan fingerprint density at radius 2 is 2.15 bits per heavy atom. The van der Waals surface area contributed by atoms with Crippen molar-refractivity contribution >= 4 is 11.6 Å². The van der Waals surface area contributed by atoms with Crippen molar-refractivity contribution in [3.63, 3.8) is 0 Å². The highest BCUT2D eigenvalue weighted by molar-refractivity contribution is 6.16. The zero-order valence-electron chi connectivity index (χ0n) is 6.27. The summed E-state index contributed by atoms with van der Waals surface area (Å²) in [6.45, 7) is 0. The van der Waals surface area contributed by atoms with Crippen molar-refractivity contribution in [2.45, 2.75) is 12.3 Å². The fourth-order valence-electron chi connectivity index (χ4n) is 0.834. The predicted octanol–water partition coefficient (Wildman–Crippen LogP) is 2.60. The van der Waals surface area contributed by atoms with Gasteiger partial charge in [0.05, 0.1) is 23.3 Å². The van der Waals surface area contributed by atoms with Crippen LogP contribution in [-0.2, 0) is 5.88 Å². The molecule has 1 aromatic rings. The van der Waals surface area contributed by atoms with E-state index in [2.05, 4.69) is 4.98 Å². The van der Waals surface area contributed by atoms with Gasteiger partial charge in [-0.3, -0.25) is 4.98 Å². The lowest BCUT2D eigenvalue weighted by Crippen LogP contribution is -1.99. The average Bonchev–Trinajstić information content (AvgIpc) is 2.04. The normalized spacial score (nSPS) is 10.8. The van der Waals surface area contributed by atoms with E-state index in [4.69, 9.17) is 16.7 Å². The summed E-state index contributed by atoms with van der Waals surface area (Å²) >= 11 is 5.23. The van der Waals surface area contributed by atoms with Crippen LogP contribution in [0.4, 0.5) is 13.2 Å².